The van der Waals surface area contributed by atoms with Crippen LogP contribution in [0.1, 0.15) is 46.3 Å². The molecular weight excluding hydrogens is 150 g/mol. The van der Waals surface area contributed by atoms with Crippen LogP contribution in [-0.4, -0.2) is 4.98 Å². The van der Waals surface area contributed by atoms with E-state index in [0.29, 0.717) is 0 Å². The van der Waals surface area contributed by atoms with Gasteiger partial charge in [-0.3, -0.25) is 0 Å². The topological polar surface area (TPSA) is 26.0 Å². The minimum atomic E-state index is 0.0846. The molecule has 0 aromatic carbocycles. The fourth-order valence-corrected chi connectivity index (χ4v) is 0.708. The molecule has 0 fully saturated rings. The second-order valence-electron chi connectivity index (χ2n) is 3.49. The second-order valence-corrected chi connectivity index (χ2v) is 3.49. The summed E-state index contributed by atoms with van der Waals surface area (Å²) in [5.74, 6) is 1.69. The van der Waals surface area contributed by atoms with Crippen molar-refractivity contribution < 1.29 is 4.42 Å². The quantitative estimate of drug-likeness (QED) is 0.595. The molecule has 0 saturated heterocycles. The fraction of sp³-hybridized carbons (Fsp3) is 0.700. The lowest BCUT2D eigenvalue weighted by atomic mass is 9.94. The van der Waals surface area contributed by atoms with Crippen molar-refractivity contribution in [3.63, 3.8) is 0 Å². The molecule has 1 aromatic rings. The van der Waals surface area contributed by atoms with Crippen molar-refractivity contribution >= 4 is 0 Å². The standard InChI is InChI=1S/C8H13NO.C2H6/c1-6-9-5-7(10-6)8(2,3)4;1-2/h5H,1-4H3;1-2H3. The summed E-state index contributed by atoms with van der Waals surface area (Å²) in [5, 5.41) is 0. The molecule has 1 aromatic heterocycles. The number of rotatable bonds is 0. The van der Waals surface area contributed by atoms with Gasteiger partial charge in [0.2, 0.25) is 0 Å². The van der Waals surface area contributed by atoms with E-state index >= 15 is 0 Å². The molecule has 1 heterocycles. The highest BCUT2D eigenvalue weighted by molar-refractivity contribution is 5.05. The molecule has 0 unspecified atom stereocenters. The summed E-state index contributed by atoms with van der Waals surface area (Å²) in [6.07, 6.45) is 1.79. The first-order chi connectivity index (χ1) is 5.50. The molecule has 2 heteroatoms. The van der Waals surface area contributed by atoms with E-state index in [1.54, 1.807) is 6.20 Å². The molecule has 2 nitrogen and oxygen atoms in total. The molecule has 0 amide bonds. The Morgan fingerprint density at radius 2 is 1.75 bits per heavy atom. The van der Waals surface area contributed by atoms with Gasteiger partial charge in [-0.25, -0.2) is 4.98 Å². The molecule has 0 aliphatic rings. The van der Waals surface area contributed by atoms with Crippen LogP contribution in [0, 0.1) is 6.92 Å². The Balaban J connectivity index is 0.000000561. The van der Waals surface area contributed by atoms with Crippen molar-refractivity contribution in [3.05, 3.63) is 17.8 Å². The van der Waals surface area contributed by atoms with Crippen LogP contribution in [-0.2, 0) is 5.41 Å². The first-order valence-corrected chi connectivity index (χ1v) is 4.43. The molecule has 12 heavy (non-hydrogen) atoms. The summed E-state index contributed by atoms with van der Waals surface area (Å²) in [5.41, 5.74) is 0.0846. The molecule has 0 radical (unpaired) electrons. The highest BCUT2D eigenvalue weighted by atomic mass is 16.4. The fourth-order valence-electron chi connectivity index (χ4n) is 0.708. The molecule has 0 atom stereocenters. The number of hydrogen-bond acceptors (Lipinski definition) is 2. The van der Waals surface area contributed by atoms with Crippen LogP contribution in [0.3, 0.4) is 0 Å². The maximum absolute atomic E-state index is 5.34. The monoisotopic (exact) mass is 169 g/mol. The third-order valence-electron chi connectivity index (χ3n) is 1.36. The van der Waals surface area contributed by atoms with Gasteiger partial charge in [0.25, 0.3) is 0 Å². The summed E-state index contributed by atoms with van der Waals surface area (Å²) in [4.78, 5) is 4.02. The van der Waals surface area contributed by atoms with Gasteiger partial charge < -0.3 is 4.42 Å². The number of nitrogens with zero attached hydrogens (tertiary/aromatic N) is 1. The number of hydrogen-bond donors (Lipinski definition) is 0. The highest BCUT2D eigenvalue weighted by Gasteiger charge is 2.17. The Hall–Kier alpha value is -0.790. The van der Waals surface area contributed by atoms with E-state index < -0.39 is 0 Å². The number of aryl methyl sites for hydroxylation is 1. The van der Waals surface area contributed by atoms with Crippen molar-refractivity contribution in [2.45, 2.75) is 47.0 Å². The van der Waals surface area contributed by atoms with Gasteiger partial charge in [0.15, 0.2) is 5.89 Å². The van der Waals surface area contributed by atoms with E-state index in [9.17, 15) is 0 Å². The van der Waals surface area contributed by atoms with Gasteiger partial charge in [-0.1, -0.05) is 34.6 Å². The van der Waals surface area contributed by atoms with E-state index in [-0.39, 0.29) is 5.41 Å². The lowest BCUT2D eigenvalue weighted by Gasteiger charge is -2.12. The van der Waals surface area contributed by atoms with Gasteiger partial charge >= 0.3 is 0 Å². The zero-order valence-electron chi connectivity index (χ0n) is 8.93. The average molecular weight is 169 g/mol. The van der Waals surface area contributed by atoms with Gasteiger partial charge in [-0.2, -0.15) is 0 Å². The van der Waals surface area contributed by atoms with E-state index in [4.69, 9.17) is 4.42 Å². The Kier molecular flexibility index (Phi) is 4.01. The molecule has 0 aliphatic heterocycles. The van der Waals surface area contributed by atoms with Gasteiger partial charge in [0, 0.05) is 12.3 Å². The SMILES string of the molecule is CC.Cc1ncc(C(C)(C)C)o1. The van der Waals surface area contributed by atoms with Crippen LogP contribution in [0.25, 0.3) is 0 Å². The van der Waals surface area contributed by atoms with E-state index in [1.165, 1.54) is 0 Å². The van der Waals surface area contributed by atoms with Gasteiger partial charge in [0.1, 0.15) is 5.76 Å². The zero-order chi connectivity index (χ0) is 9.78. The average Bonchev–Trinajstić information content (AvgIpc) is 2.39. The van der Waals surface area contributed by atoms with Crippen LogP contribution in [0.5, 0.6) is 0 Å². The molecule has 0 spiro atoms. The molecule has 0 saturated carbocycles. The van der Waals surface area contributed by atoms with Gasteiger partial charge in [-0.15, -0.1) is 0 Å². The summed E-state index contributed by atoms with van der Waals surface area (Å²) in [6, 6.07) is 0. The smallest absolute Gasteiger partial charge is 0.191 e. The predicted molar refractivity (Wildman–Crippen MR) is 51.3 cm³/mol. The highest BCUT2D eigenvalue weighted by Crippen LogP contribution is 2.21. The predicted octanol–water partition coefficient (Wildman–Crippen LogP) is 3.31. The molecule has 70 valence electrons. The van der Waals surface area contributed by atoms with Crippen LogP contribution < -0.4 is 0 Å². The third-order valence-corrected chi connectivity index (χ3v) is 1.36. The Bertz CT molecular complexity index is 220. The van der Waals surface area contributed by atoms with Crippen LogP contribution in [0.4, 0.5) is 0 Å². The second kappa shape index (κ2) is 4.29. The first-order valence-electron chi connectivity index (χ1n) is 4.43. The van der Waals surface area contributed by atoms with E-state index in [1.807, 2.05) is 20.8 Å². The van der Waals surface area contributed by atoms with E-state index in [0.717, 1.165) is 11.7 Å². The third kappa shape index (κ3) is 3.07. The van der Waals surface area contributed by atoms with Gasteiger partial charge in [0.05, 0.1) is 6.20 Å². The molecule has 0 N–H and O–H groups in total. The summed E-state index contributed by atoms with van der Waals surface area (Å²) in [7, 11) is 0. The first kappa shape index (κ1) is 11.2. The van der Waals surface area contributed by atoms with Crippen molar-refractivity contribution in [2.75, 3.05) is 0 Å². The summed E-state index contributed by atoms with van der Waals surface area (Å²) >= 11 is 0. The number of oxazole rings is 1. The Morgan fingerprint density at radius 1 is 1.25 bits per heavy atom. The van der Waals surface area contributed by atoms with Crippen molar-refractivity contribution in [1.29, 1.82) is 0 Å². The summed E-state index contributed by atoms with van der Waals surface area (Å²) < 4.78 is 5.34. The lowest BCUT2D eigenvalue weighted by Crippen LogP contribution is -2.09. The molecule has 0 bridgehead atoms. The lowest BCUT2D eigenvalue weighted by molar-refractivity contribution is 0.392. The maximum Gasteiger partial charge on any atom is 0.191 e. The van der Waals surface area contributed by atoms with E-state index in [2.05, 4.69) is 25.8 Å². The normalized spacial score (nSPS) is 10.5. The minimum Gasteiger partial charge on any atom is -0.445 e. The minimum absolute atomic E-state index is 0.0846. The van der Waals surface area contributed by atoms with Crippen LogP contribution >= 0.6 is 0 Å². The largest absolute Gasteiger partial charge is 0.445 e. The van der Waals surface area contributed by atoms with Crippen LogP contribution in [0.15, 0.2) is 10.6 Å². The summed E-state index contributed by atoms with van der Waals surface area (Å²) in [6.45, 7) is 12.2. The molecular formula is C10H19NO. The Morgan fingerprint density at radius 3 is 1.92 bits per heavy atom. The van der Waals surface area contributed by atoms with Crippen LogP contribution in [0.2, 0.25) is 0 Å². The van der Waals surface area contributed by atoms with Crippen molar-refractivity contribution in [1.82, 2.24) is 4.98 Å². The molecule has 1 rings (SSSR count). The van der Waals surface area contributed by atoms with Crippen molar-refractivity contribution in [2.24, 2.45) is 0 Å². The molecule has 0 aliphatic carbocycles. The maximum atomic E-state index is 5.34. The Labute approximate surface area is 75.0 Å². The zero-order valence-corrected chi connectivity index (χ0v) is 8.93. The number of aromatic nitrogens is 1. The van der Waals surface area contributed by atoms with Gasteiger partial charge in [-0.05, 0) is 0 Å². The van der Waals surface area contributed by atoms with Crippen molar-refractivity contribution in [3.8, 4) is 0 Å².